The second-order valence-corrected chi connectivity index (χ2v) is 12.2. The molecule has 3 aromatic carbocycles. The van der Waals surface area contributed by atoms with Gasteiger partial charge in [0.1, 0.15) is 11.9 Å². The minimum Gasteiger partial charge on any atom is -0.487 e. The van der Waals surface area contributed by atoms with Crippen LogP contribution in [0.3, 0.4) is 0 Å². The molecule has 1 aliphatic heterocycles. The van der Waals surface area contributed by atoms with Crippen LogP contribution in [0.4, 0.5) is 16.2 Å². The first-order valence-corrected chi connectivity index (χ1v) is 14.9. The number of nitrogens with one attached hydrogen (secondary N) is 2. The zero-order chi connectivity index (χ0) is 29.7. The lowest BCUT2D eigenvalue weighted by molar-refractivity contribution is 0.0371. The van der Waals surface area contributed by atoms with Crippen molar-refractivity contribution in [3.63, 3.8) is 0 Å². The van der Waals surface area contributed by atoms with E-state index in [9.17, 15) is 23.1 Å². The maximum absolute atomic E-state index is 13.7. The summed E-state index contributed by atoms with van der Waals surface area (Å²) >= 11 is 5.89. The van der Waals surface area contributed by atoms with Crippen molar-refractivity contribution >= 4 is 44.9 Å². The number of aliphatic hydroxyl groups is 1. The van der Waals surface area contributed by atoms with Gasteiger partial charge in [0.25, 0.3) is 15.9 Å². The van der Waals surface area contributed by atoms with Gasteiger partial charge in [-0.15, -0.1) is 0 Å². The number of rotatable bonds is 8. The molecule has 0 fully saturated rings. The van der Waals surface area contributed by atoms with E-state index < -0.39 is 28.1 Å². The molecule has 3 N–H and O–H groups in total. The fourth-order valence-corrected chi connectivity index (χ4v) is 5.60. The van der Waals surface area contributed by atoms with Crippen LogP contribution in [0.2, 0.25) is 5.02 Å². The highest BCUT2D eigenvalue weighted by Gasteiger charge is 2.34. The van der Waals surface area contributed by atoms with Gasteiger partial charge < -0.3 is 25.0 Å². The van der Waals surface area contributed by atoms with E-state index in [0.717, 1.165) is 0 Å². The first-order chi connectivity index (χ1) is 19.5. The summed E-state index contributed by atoms with van der Waals surface area (Å²) in [5.41, 5.74) is 0.954. The molecule has 0 saturated carbocycles. The lowest BCUT2D eigenvalue weighted by Gasteiger charge is -2.38. The predicted octanol–water partition coefficient (Wildman–Crippen LogP) is 4.52. The Morgan fingerprint density at radius 3 is 2.46 bits per heavy atom. The van der Waals surface area contributed by atoms with Gasteiger partial charge in [0.2, 0.25) is 0 Å². The SMILES string of the molecule is C[C@@H]1CN([C@@H](C)CO)C(=O)c2cc(NS(=O)(=O)c3ccc(Cl)cc3)ccc2O[C@@H]1CN(C)C(=O)Nc1ccccc1. The van der Waals surface area contributed by atoms with Crippen molar-refractivity contribution in [2.45, 2.75) is 30.9 Å². The van der Waals surface area contributed by atoms with Crippen LogP contribution in [0, 0.1) is 5.92 Å². The molecule has 41 heavy (non-hydrogen) atoms. The van der Waals surface area contributed by atoms with Crippen molar-refractivity contribution < 1.29 is 27.9 Å². The number of fused-ring (bicyclic) bond motifs is 1. The van der Waals surface area contributed by atoms with E-state index in [1.165, 1.54) is 47.4 Å². The Balaban J connectivity index is 1.62. The lowest BCUT2D eigenvalue weighted by Crippen LogP contribution is -2.50. The summed E-state index contributed by atoms with van der Waals surface area (Å²) in [6.45, 7) is 3.84. The molecule has 0 unspecified atom stereocenters. The molecule has 3 aromatic rings. The minimum absolute atomic E-state index is 0.0115. The molecule has 1 heterocycles. The van der Waals surface area contributed by atoms with Gasteiger partial charge in [-0.05, 0) is 61.5 Å². The van der Waals surface area contributed by atoms with E-state index in [-0.39, 0.29) is 53.5 Å². The number of benzene rings is 3. The molecule has 4 rings (SSSR count). The maximum Gasteiger partial charge on any atom is 0.321 e. The smallest absolute Gasteiger partial charge is 0.321 e. The lowest BCUT2D eigenvalue weighted by atomic mass is 9.99. The van der Waals surface area contributed by atoms with Crippen molar-refractivity contribution in [2.24, 2.45) is 5.92 Å². The van der Waals surface area contributed by atoms with Crippen molar-refractivity contribution in [2.75, 3.05) is 36.8 Å². The van der Waals surface area contributed by atoms with Gasteiger partial charge in [-0.2, -0.15) is 0 Å². The van der Waals surface area contributed by atoms with E-state index in [1.54, 1.807) is 31.0 Å². The van der Waals surface area contributed by atoms with E-state index in [1.807, 2.05) is 25.1 Å². The van der Waals surface area contributed by atoms with E-state index >= 15 is 0 Å². The highest BCUT2D eigenvalue weighted by atomic mass is 35.5. The van der Waals surface area contributed by atoms with Crippen molar-refractivity contribution in [1.82, 2.24) is 9.80 Å². The third kappa shape index (κ3) is 7.29. The summed E-state index contributed by atoms with van der Waals surface area (Å²) < 4.78 is 34.7. The summed E-state index contributed by atoms with van der Waals surface area (Å²) in [6.07, 6.45) is -0.515. The number of carbonyl (C=O) groups excluding carboxylic acids is 2. The Hall–Kier alpha value is -3.80. The minimum atomic E-state index is -3.96. The molecule has 0 aliphatic carbocycles. The maximum atomic E-state index is 13.7. The predicted molar refractivity (Wildman–Crippen MR) is 158 cm³/mol. The second kappa shape index (κ2) is 12.8. The Bertz CT molecular complexity index is 1490. The summed E-state index contributed by atoms with van der Waals surface area (Å²) in [5, 5.41) is 13.1. The number of amides is 3. The van der Waals surface area contributed by atoms with Gasteiger partial charge in [0.05, 0.1) is 29.7 Å². The third-order valence-electron chi connectivity index (χ3n) is 6.87. The number of nitrogens with zero attached hydrogens (tertiary/aromatic N) is 2. The average Bonchev–Trinajstić information content (AvgIpc) is 2.95. The van der Waals surface area contributed by atoms with Crippen molar-refractivity contribution in [1.29, 1.82) is 0 Å². The van der Waals surface area contributed by atoms with Crippen LogP contribution in [0.1, 0.15) is 24.2 Å². The van der Waals surface area contributed by atoms with Gasteiger partial charge in [0.15, 0.2) is 0 Å². The normalized spacial score (nSPS) is 17.9. The molecule has 0 bridgehead atoms. The topological polar surface area (TPSA) is 128 Å². The van der Waals surface area contributed by atoms with Gasteiger partial charge >= 0.3 is 6.03 Å². The second-order valence-electron chi connectivity index (χ2n) is 10.1. The van der Waals surface area contributed by atoms with Crippen LogP contribution in [-0.2, 0) is 10.0 Å². The average molecular weight is 601 g/mol. The van der Waals surface area contributed by atoms with Crippen LogP contribution in [0.15, 0.2) is 77.7 Å². The molecule has 10 nitrogen and oxygen atoms in total. The number of halogens is 1. The number of aliphatic hydroxyl groups excluding tert-OH is 1. The largest absolute Gasteiger partial charge is 0.487 e. The van der Waals surface area contributed by atoms with E-state index in [0.29, 0.717) is 10.7 Å². The molecule has 1 aliphatic rings. The number of hydrogen-bond donors (Lipinski definition) is 3. The Morgan fingerprint density at radius 1 is 1.12 bits per heavy atom. The van der Waals surface area contributed by atoms with Crippen LogP contribution >= 0.6 is 11.6 Å². The van der Waals surface area contributed by atoms with E-state index in [2.05, 4.69) is 10.0 Å². The van der Waals surface area contributed by atoms with Crippen molar-refractivity contribution in [3.8, 4) is 5.75 Å². The molecular weight excluding hydrogens is 568 g/mol. The number of para-hydroxylation sites is 1. The van der Waals surface area contributed by atoms with Gasteiger partial charge in [0, 0.05) is 35.9 Å². The quantitative estimate of drug-likeness (QED) is 0.349. The zero-order valence-electron chi connectivity index (χ0n) is 23.0. The molecule has 3 amide bonds. The number of hydrogen-bond acceptors (Lipinski definition) is 6. The van der Waals surface area contributed by atoms with Crippen LogP contribution in [-0.4, -0.2) is 74.2 Å². The number of sulfonamides is 1. The first-order valence-electron chi connectivity index (χ1n) is 13.1. The Morgan fingerprint density at radius 2 is 1.80 bits per heavy atom. The number of anilines is 2. The van der Waals surface area contributed by atoms with E-state index in [4.69, 9.17) is 16.3 Å². The molecule has 12 heteroatoms. The van der Waals surface area contributed by atoms with Crippen LogP contribution < -0.4 is 14.8 Å². The summed E-state index contributed by atoms with van der Waals surface area (Å²) in [4.78, 5) is 29.6. The van der Waals surface area contributed by atoms with Gasteiger partial charge in [-0.1, -0.05) is 36.7 Å². The summed E-state index contributed by atoms with van der Waals surface area (Å²) in [6, 6.07) is 18.4. The molecular formula is C29H33ClN4O6S. The number of likely N-dealkylation sites (N-methyl/N-ethyl adjacent to an activating group) is 1. The number of urea groups is 1. The van der Waals surface area contributed by atoms with Gasteiger partial charge in [-0.3, -0.25) is 9.52 Å². The standard InChI is InChI=1S/C29H33ClN4O6S/c1-19-16-34(20(2)18-35)28(36)25-15-23(32-41(38,39)24-12-9-21(30)10-13-24)11-14-26(25)40-27(19)17-33(3)29(37)31-22-7-5-4-6-8-22/h4-15,19-20,27,32,35H,16-18H2,1-3H3,(H,31,37)/t19-,20+,27-/m1/s1. The molecule has 218 valence electrons. The fraction of sp³-hybridized carbons (Fsp3) is 0.310. The number of carbonyl (C=O) groups is 2. The Kier molecular flexibility index (Phi) is 9.42. The van der Waals surface area contributed by atoms with Crippen LogP contribution in [0.25, 0.3) is 0 Å². The number of ether oxygens (including phenoxy) is 1. The monoisotopic (exact) mass is 600 g/mol. The molecule has 3 atom stereocenters. The summed E-state index contributed by atoms with van der Waals surface area (Å²) in [5.74, 6) is -0.376. The summed E-state index contributed by atoms with van der Waals surface area (Å²) in [7, 11) is -2.31. The molecule has 0 aromatic heterocycles. The van der Waals surface area contributed by atoms with Gasteiger partial charge in [-0.25, -0.2) is 13.2 Å². The Labute approximate surface area is 244 Å². The molecule has 0 spiro atoms. The zero-order valence-corrected chi connectivity index (χ0v) is 24.5. The first kappa shape index (κ1) is 30.2. The fourth-order valence-electron chi connectivity index (χ4n) is 4.42. The molecule has 0 radical (unpaired) electrons. The third-order valence-corrected chi connectivity index (χ3v) is 8.52. The molecule has 0 saturated heterocycles. The highest BCUT2D eigenvalue weighted by molar-refractivity contribution is 7.92. The van der Waals surface area contributed by atoms with Crippen LogP contribution in [0.5, 0.6) is 5.75 Å². The highest BCUT2D eigenvalue weighted by Crippen LogP contribution is 2.31. The van der Waals surface area contributed by atoms with Crippen molar-refractivity contribution in [3.05, 3.63) is 83.4 Å².